The fourth-order valence-corrected chi connectivity index (χ4v) is 3.03. The van der Waals surface area contributed by atoms with E-state index in [1.807, 2.05) is 6.07 Å². The highest BCUT2D eigenvalue weighted by molar-refractivity contribution is 9.11. The van der Waals surface area contributed by atoms with Crippen LogP contribution in [0.5, 0.6) is 0 Å². The van der Waals surface area contributed by atoms with Crippen LogP contribution in [0.15, 0.2) is 51.4 Å². The molecule has 21 heavy (non-hydrogen) atoms. The molecular formula is C15H12Br2N2O2. The van der Waals surface area contributed by atoms with Crippen molar-refractivity contribution in [1.29, 1.82) is 0 Å². The summed E-state index contributed by atoms with van der Waals surface area (Å²) in [7, 11) is 1.57. The molecule has 0 aliphatic rings. The van der Waals surface area contributed by atoms with Gasteiger partial charge in [0.05, 0.1) is 0 Å². The third-order valence-corrected chi connectivity index (χ3v) is 3.67. The number of anilines is 1. The molecule has 0 aliphatic carbocycles. The maximum absolute atomic E-state index is 12.2. The van der Waals surface area contributed by atoms with Gasteiger partial charge in [-0.05, 0) is 42.5 Å². The lowest BCUT2D eigenvalue weighted by atomic mass is 10.1. The normalized spacial score (nSPS) is 10.0. The van der Waals surface area contributed by atoms with Gasteiger partial charge in [-0.2, -0.15) is 0 Å². The standard InChI is InChI=1S/C15H12Br2N2O2/c1-18-14(20)9-2-4-13(5-3-9)19-15(21)10-6-11(16)8-12(17)7-10/h2-8H,1H3,(H,18,20)(H,19,21). The number of benzene rings is 2. The molecule has 0 saturated heterocycles. The molecule has 0 saturated carbocycles. The molecule has 0 bridgehead atoms. The van der Waals surface area contributed by atoms with Gasteiger partial charge in [-0.1, -0.05) is 31.9 Å². The van der Waals surface area contributed by atoms with Crippen LogP contribution in [0.25, 0.3) is 0 Å². The number of halogens is 2. The van der Waals surface area contributed by atoms with Crippen LogP contribution in [0.2, 0.25) is 0 Å². The van der Waals surface area contributed by atoms with Crippen molar-refractivity contribution in [1.82, 2.24) is 5.32 Å². The molecule has 0 unspecified atom stereocenters. The van der Waals surface area contributed by atoms with Gasteiger partial charge in [0.1, 0.15) is 0 Å². The number of hydrogen-bond acceptors (Lipinski definition) is 2. The first-order valence-corrected chi connectivity index (χ1v) is 7.68. The Kier molecular flexibility index (Phi) is 5.14. The molecule has 6 heteroatoms. The number of carbonyl (C=O) groups excluding carboxylic acids is 2. The maximum Gasteiger partial charge on any atom is 0.255 e. The summed E-state index contributed by atoms with van der Waals surface area (Å²) >= 11 is 6.69. The Labute approximate surface area is 139 Å². The molecule has 2 aromatic carbocycles. The zero-order chi connectivity index (χ0) is 15.4. The van der Waals surface area contributed by atoms with Crippen molar-refractivity contribution in [2.75, 3.05) is 12.4 Å². The highest BCUT2D eigenvalue weighted by Gasteiger charge is 2.09. The number of hydrogen-bond donors (Lipinski definition) is 2. The lowest BCUT2D eigenvalue weighted by Gasteiger charge is -2.07. The summed E-state index contributed by atoms with van der Waals surface area (Å²) in [6.07, 6.45) is 0. The van der Waals surface area contributed by atoms with Gasteiger partial charge in [0.15, 0.2) is 0 Å². The van der Waals surface area contributed by atoms with Crippen molar-refractivity contribution < 1.29 is 9.59 Å². The van der Waals surface area contributed by atoms with Crippen LogP contribution in [-0.4, -0.2) is 18.9 Å². The lowest BCUT2D eigenvalue weighted by Crippen LogP contribution is -2.17. The smallest absolute Gasteiger partial charge is 0.255 e. The molecule has 2 amide bonds. The van der Waals surface area contributed by atoms with E-state index in [-0.39, 0.29) is 11.8 Å². The summed E-state index contributed by atoms with van der Waals surface area (Å²) in [4.78, 5) is 23.6. The van der Waals surface area contributed by atoms with Crippen LogP contribution in [0, 0.1) is 0 Å². The van der Waals surface area contributed by atoms with Gasteiger partial charge in [-0.25, -0.2) is 0 Å². The largest absolute Gasteiger partial charge is 0.355 e. The monoisotopic (exact) mass is 410 g/mol. The Balaban J connectivity index is 2.14. The zero-order valence-electron chi connectivity index (χ0n) is 11.1. The van der Waals surface area contributed by atoms with Crippen molar-refractivity contribution in [3.05, 3.63) is 62.5 Å². The predicted octanol–water partition coefficient (Wildman–Crippen LogP) is 3.82. The van der Waals surface area contributed by atoms with Gasteiger partial charge < -0.3 is 10.6 Å². The molecular weight excluding hydrogens is 400 g/mol. The van der Waals surface area contributed by atoms with Gasteiger partial charge >= 0.3 is 0 Å². The maximum atomic E-state index is 12.2. The lowest BCUT2D eigenvalue weighted by molar-refractivity contribution is 0.0962. The molecule has 0 fully saturated rings. The summed E-state index contributed by atoms with van der Waals surface area (Å²) in [6.45, 7) is 0. The summed E-state index contributed by atoms with van der Waals surface area (Å²) in [5.74, 6) is -0.381. The Hall–Kier alpha value is -1.66. The second-order valence-corrected chi connectivity index (χ2v) is 6.10. The van der Waals surface area contributed by atoms with Crippen LogP contribution in [0.4, 0.5) is 5.69 Å². The first-order chi connectivity index (χ1) is 9.99. The van der Waals surface area contributed by atoms with Gasteiger partial charge in [-0.15, -0.1) is 0 Å². The third kappa shape index (κ3) is 4.15. The van der Waals surface area contributed by atoms with Crippen LogP contribution < -0.4 is 10.6 Å². The van der Waals surface area contributed by atoms with Crippen LogP contribution in [0.3, 0.4) is 0 Å². The van der Waals surface area contributed by atoms with E-state index in [4.69, 9.17) is 0 Å². The first kappa shape index (κ1) is 15.7. The molecule has 0 aliphatic heterocycles. The number of rotatable bonds is 3. The Morgan fingerprint density at radius 3 is 1.95 bits per heavy atom. The van der Waals surface area contributed by atoms with Crippen molar-refractivity contribution in [3.63, 3.8) is 0 Å². The molecule has 0 heterocycles. The molecule has 0 radical (unpaired) electrons. The van der Waals surface area contributed by atoms with E-state index in [1.165, 1.54) is 0 Å². The van der Waals surface area contributed by atoms with Crippen molar-refractivity contribution in [3.8, 4) is 0 Å². The molecule has 0 spiro atoms. The van der Waals surface area contributed by atoms with Crippen LogP contribution >= 0.6 is 31.9 Å². The molecule has 4 nitrogen and oxygen atoms in total. The van der Waals surface area contributed by atoms with Gasteiger partial charge in [0, 0.05) is 32.8 Å². The van der Waals surface area contributed by atoms with Crippen LogP contribution in [0.1, 0.15) is 20.7 Å². The van der Waals surface area contributed by atoms with E-state index >= 15 is 0 Å². The average Bonchev–Trinajstić information content (AvgIpc) is 2.46. The minimum Gasteiger partial charge on any atom is -0.355 e. The molecule has 2 rings (SSSR count). The summed E-state index contributed by atoms with van der Waals surface area (Å²) in [5, 5.41) is 5.33. The number of carbonyl (C=O) groups is 2. The predicted molar refractivity (Wildman–Crippen MR) is 89.6 cm³/mol. The van der Waals surface area contributed by atoms with E-state index in [9.17, 15) is 9.59 Å². The highest BCUT2D eigenvalue weighted by Crippen LogP contribution is 2.21. The number of amides is 2. The van der Waals surface area contributed by atoms with E-state index < -0.39 is 0 Å². The summed E-state index contributed by atoms with van der Waals surface area (Å²) in [5.41, 5.74) is 1.70. The van der Waals surface area contributed by atoms with E-state index in [0.29, 0.717) is 16.8 Å². The van der Waals surface area contributed by atoms with Crippen LogP contribution in [-0.2, 0) is 0 Å². The van der Waals surface area contributed by atoms with Gasteiger partial charge in [0.25, 0.3) is 11.8 Å². The minimum absolute atomic E-state index is 0.163. The summed E-state index contributed by atoms with van der Waals surface area (Å²) < 4.78 is 1.63. The molecule has 0 atom stereocenters. The van der Waals surface area contributed by atoms with E-state index in [2.05, 4.69) is 42.5 Å². The topological polar surface area (TPSA) is 58.2 Å². The third-order valence-electron chi connectivity index (χ3n) is 2.76. The highest BCUT2D eigenvalue weighted by atomic mass is 79.9. The van der Waals surface area contributed by atoms with E-state index in [0.717, 1.165) is 8.95 Å². The molecule has 2 aromatic rings. The molecule has 2 N–H and O–H groups in total. The van der Waals surface area contributed by atoms with E-state index in [1.54, 1.807) is 43.4 Å². The minimum atomic E-state index is -0.218. The fourth-order valence-electron chi connectivity index (χ4n) is 1.74. The quantitative estimate of drug-likeness (QED) is 0.806. The van der Waals surface area contributed by atoms with Gasteiger partial charge in [0.2, 0.25) is 0 Å². The summed E-state index contributed by atoms with van der Waals surface area (Å²) in [6, 6.07) is 12.0. The van der Waals surface area contributed by atoms with Crippen molar-refractivity contribution in [2.45, 2.75) is 0 Å². The Morgan fingerprint density at radius 2 is 1.43 bits per heavy atom. The zero-order valence-corrected chi connectivity index (χ0v) is 14.3. The average molecular weight is 412 g/mol. The second kappa shape index (κ2) is 6.87. The first-order valence-electron chi connectivity index (χ1n) is 6.09. The van der Waals surface area contributed by atoms with Crippen molar-refractivity contribution in [2.24, 2.45) is 0 Å². The fraction of sp³-hybridized carbons (Fsp3) is 0.0667. The molecule has 108 valence electrons. The SMILES string of the molecule is CNC(=O)c1ccc(NC(=O)c2cc(Br)cc(Br)c2)cc1. The Morgan fingerprint density at radius 1 is 0.857 bits per heavy atom. The van der Waals surface area contributed by atoms with Gasteiger partial charge in [-0.3, -0.25) is 9.59 Å². The van der Waals surface area contributed by atoms with Crippen molar-refractivity contribution >= 4 is 49.4 Å². The Bertz CT molecular complexity index is 664. The molecule has 0 aromatic heterocycles. The number of nitrogens with one attached hydrogen (secondary N) is 2. The second-order valence-electron chi connectivity index (χ2n) is 4.27.